The minimum absolute atomic E-state index is 0.0496. The predicted octanol–water partition coefficient (Wildman–Crippen LogP) is 1.24. The molecule has 2 unspecified atom stereocenters. The molecule has 16 heavy (non-hydrogen) atoms. The van der Waals surface area contributed by atoms with E-state index in [2.05, 4.69) is 21.2 Å². The molecule has 0 spiro atoms. The van der Waals surface area contributed by atoms with Crippen LogP contribution in [0.2, 0.25) is 0 Å². The van der Waals surface area contributed by atoms with Crippen molar-refractivity contribution >= 4 is 31.7 Å². The minimum atomic E-state index is -3.39. The van der Waals surface area contributed by atoms with Gasteiger partial charge in [-0.25, -0.2) is 8.42 Å². The summed E-state index contributed by atoms with van der Waals surface area (Å²) in [6.07, 6.45) is 4.07. The Balaban J connectivity index is 2.72. The second kappa shape index (κ2) is 4.64. The number of hydrogen-bond donors (Lipinski definition) is 1. The Kier molecular flexibility index (Phi) is 4.05. The lowest BCUT2D eigenvalue weighted by atomic mass is 10.1. The molecule has 6 heteroatoms. The largest absolute Gasteiger partial charge is 0.351 e. The lowest BCUT2D eigenvalue weighted by Crippen LogP contribution is -2.51. The van der Waals surface area contributed by atoms with Gasteiger partial charge in [-0.15, -0.1) is 0 Å². The fourth-order valence-electron chi connectivity index (χ4n) is 1.59. The van der Waals surface area contributed by atoms with Gasteiger partial charge < -0.3 is 5.32 Å². The average Bonchev–Trinajstić information content (AvgIpc) is 2.49. The van der Waals surface area contributed by atoms with Gasteiger partial charge in [0.2, 0.25) is 5.91 Å². The van der Waals surface area contributed by atoms with Crippen LogP contribution < -0.4 is 5.32 Å². The number of sulfone groups is 1. The number of amides is 1. The van der Waals surface area contributed by atoms with E-state index in [1.165, 1.54) is 13.8 Å². The van der Waals surface area contributed by atoms with Crippen LogP contribution in [-0.4, -0.2) is 36.2 Å². The highest BCUT2D eigenvalue weighted by Crippen LogP contribution is 2.26. The third-order valence-corrected chi connectivity index (χ3v) is 6.36. The molecule has 1 aliphatic rings. The molecule has 0 radical (unpaired) electrons. The van der Waals surface area contributed by atoms with E-state index < -0.39 is 20.5 Å². The Morgan fingerprint density at radius 3 is 2.31 bits per heavy atom. The van der Waals surface area contributed by atoms with Crippen LogP contribution in [0.25, 0.3) is 0 Å². The number of carbonyl (C=O) groups is 1. The summed E-state index contributed by atoms with van der Waals surface area (Å²) in [7, 11) is -3.39. The zero-order chi connectivity index (χ0) is 12.6. The number of alkyl halides is 1. The van der Waals surface area contributed by atoms with Crippen molar-refractivity contribution in [2.75, 3.05) is 6.26 Å². The van der Waals surface area contributed by atoms with Crippen molar-refractivity contribution in [3.63, 3.8) is 0 Å². The second-order valence-electron chi connectivity index (χ2n) is 4.81. The minimum Gasteiger partial charge on any atom is -0.351 e. The topological polar surface area (TPSA) is 63.2 Å². The molecule has 0 bridgehead atoms. The molecular weight excluding hydrogens is 294 g/mol. The molecule has 0 saturated heterocycles. The van der Waals surface area contributed by atoms with E-state index in [4.69, 9.17) is 0 Å². The maximum Gasteiger partial charge on any atom is 0.241 e. The molecule has 1 aliphatic carbocycles. The van der Waals surface area contributed by atoms with Crippen molar-refractivity contribution in [2.24, 2.45) is 0 Å². The summed E-state index contributed by atoms with van der Waals surface area (Å²) in [6.45, 7) is 2.88. The van der Waals surface area contributed by atoms with Crippen LogP contribution in [0, 0.1) is 0 Å². The summed E-state index contributed by atoms with van der Waals surface area (Å²) in [5, 5.41) is 2.81. The van der Waals surface area contributed by atoms with E-state index in [1.54, 1.807) is 0 Å². The first-order valence-corrected chi connectivity index (χ1v) is 8.11. The summed E-state index contributed by atoms with van der Waals surface area (Å²) in [5.41, 5.74) is 0. The smallest absolute Gasteiger partial charge is 0.241 e. The van der Waals surface area contributed by atoms with E-state index in [1.807, 2.05) is 0 Å². The molecule has 0 aromatic rings. The fourth-order valence-corrected chi connectivity index (χ4v) is 2.70. The van der Waals surface area contributed by atoms with Gasteiger partial charge in [-0.1, -0.05) is 22.4 Å². The first-order valence-electron chi connectivity index (χ1n) is 5.31. The normalized spacial score (nSPS) is 26.8. The van der Waals surface area contributed by atoms with Gasteiger partial charge in [0.25, 0.3) is 0 Å². The van der Waals surface area contributed by atoms with Gasteiger partial charge in [-0.05, 0) is 26.7 Å². The SMILES string of the molecule is CC(C)(C(=O)NC1CCCC1Br)S(C)(=O)=O. The number of hydrogen-bond acceptors (Lipinski definition) is 3. The Morgan fingerprint density at radius 2 is 1.94 bits per heavy atom. The maximum absolute atomic E-state index is 11.9. The fraction of sp³-hybridized carbons (Fsp3) is 0.900. The Morgan fingerprint density at radius 1 is 1.38 bits per heavy atom. The van der Waals surface area contributed by atoms with Crippen LogP contribution in [0.3, 0.4) is 0 Å². The first kappa shape index (κ1) is 14.0. The molecule has 0 heterocycles. The van der Waals surface area contributed by atoms with Gasteiger partial charge in [0, 0.05) is 17.1 Å². The summed E-state index contributed by atoms with van der Waals surface area (Å²) in [6, 6.07) is 0.0496. The van der Waals surface area contributed by atoms with Gasteiger partial charge in [0.1, 0.15) is 4.75 Å². The molecule has 1 rings (SSSR count). The molecule has 1 saturated carbocycles. The molecule has 1 N–H and O–H groups in total. The highest BCUT2D eigenvalue weighted by Gasteiger charge is 2.40. The Labute approximate surface area is 105 Å². The van der Waals surface area contributed by atoms with Crippen molar-refractivity contribution in [1.82, 2.24) is 5.32 Å². The molecule has 4 nitrogen and oxygen atoms in total. The number of nitrogens with one attached hydrogen (secondary N) is 1. The summed E-state index contributed by atoms with van der Waals surface area (Å²) in [5.74, 6) is -0.411. The quantitative estimate of drug-likeness (QED) is 0.798. The van der Waals surface area contributed by atoms with E-state index in [9.17, 15) is 13.2 Å². The van der Waals surface area contributed by atoms with Gasteiger partial charge in [-0.2, -0.15) is 0 Å². The van der Waals surface area contributed by atoms with Gasteiger partial charge in [-0.3, -0.25) is 4.79 Å². The van der Waals surface area contributed by atoms with Crippen molar-refractivity contribution < 1.29 is 13.2 Å². The molecule has 2 atom stereocenters. The lowest BCUT2D eigenvalue weighted by molar-refractivity contribution is -0.123. The summed E-state index contributed by atoms with van der Waals surface area (Å²) >= 11 is 3.49. The summed E-state index contributed by atoms with van der Waals surface area (Å²) in [4.78, 5) is 12.2. The van der Waals surface area contributed by atoms with E-state index in [0.29, 0.717) is 0 Å². The highest BCUT2D eigenvalue weighted by molar-refractivity contribution is 9.09. The lowest BCUT2D eigenvalue weighted by Gasteiger charge is -2.25. The van der Waals surface area contributed by atoms with Crippen LogP contribution in [-0.2, 0) is 14.6 Å². The Hall–Kier alpha value is -0.100. The number of rotatable bonds is 3. The molecular formula is C10H18BrNO3S. The molecule has 94 valence electrons. The van der Waals surface area contributed by atoms with Crippen LogP contribution in [0.1, 0.15) is 33.1 Å². The van der Waals surface area contributed by atoms with Gasteiger partial charge >= 0.3 is 0 Å². The zero-order valence-electron chi connectivity index (χ0n) is 9.79. The van der Waals surface area contributed by atoms with Gasteiger partial charge in [0.05, 0.1) is 0 Å². The van der Waals surface area contributed by atoms with Gasteiger partial charge in [0.15, 0.2) is 9.84 Å². The van der Waals surface area contributed by atoms with Crippen LogP contribution in [0.4, 0.5) is 0 Å². The van der Waals surface area contributed by atoms with Crippen molar-refractivity contribution in [3.05, 3.63) is 0 Å². The first-order chi connectivity index (χ1) is 7.16. The summed E-state index contributed by atoms with van der Waals surface area (Å²) < 4.78 is 21.6. The molecule has 0 aromatic heterocycles. The van der Waals surface area contributed by atoms with E-state index in [-0.39, 0.29) is 10.9 Å². The molecule has 0 aliphatic heterocycles. The standard InChI is InChI=1S/C10H18BrNO3S/c1-10(2,16(3,14)15)9(13)12-8-6-4-5-7(8)11/h7-8H,4-6H2,1-3H3,(H,12,13). The van der Waals surface area contributed by atoms with E-state index >= 15 is 0 Å². The molecule has 0 aromatic carbocycles. The molecule has 1 fully saturated rings. The van der Waals surface area contributed by atoms with Crippen molar-refractivity contribution in [3.8, 4) is 0 Å². The third-order valence-electron chi connectivity index (χ3n) is 3.22. The van der Waals surface area contributed by atoms with E-state index in [0.717, 1.165) is 25.5 Å². The maximum atomic E-state index is 11.9. The predicted molar refractivity (Wildman–Crippen MR) is 67.4 cm³/mol. The van der Waals surface area contributed by atoms with Crippen molar-refractivity contribution in [2.45, 2.75) is 48.7 Å². The number of halogens is 1. The zero-order valence-corrected chi connectivity index (χ0v) is 12.2. The van der Waals surface area contributed by atoms with Crippen LogP contribution >= 0.6 is 15.9 Å². The second-order valence-corrected chi connectivity index (χ2v) is 8.55. The Bertz CT molecular complexity index is 378. The number of carbonyl (C=O) groups excluding carboxylic acids is 1. The average molecular weight is 312 g/mol. The van der Waals surface area contributed by atoms with Crippen LogP contribution in [0.15, 0.2) is 0 Å². The third kappa shape index (κ3) is 2.77. The monoisotopic (exact) mass is 311 g/mol. The molecule has 1 amide bonds. The highest BCUT2D eigenvalue weighted by atomic mass is 79.9. The van der Waals surface area contributed by atoms with Crippen molar-refractivity contribution in [1.29, 1.82) is 0 Å². The van der Waals surface area contributed by atoms with Crippen LogP contribution in [0.5, 0.6) is 0 Å².